The van der Waals surface area contributed by atoms with Crippen molar-refractivity contribution in [2.24, 2.45) is 5.73 Å². The summed E-state index contributed by atoms with van der Waals surface area (Å²) in [6.07, 6.45) is 12.9. The van der Waals surface area contributed by atoms with Crippen LogP contribution in [0.15, 0.2) is 6.33 Å². The van der Waals surface area contributed by atoms with Crippen LogP contribution in [0.25, 0.3) is 0 Å². The maximum Gasteiger partial charge on any atom is 0.135 e. The molecule has 1 fully saturated rings. The van der Waals surface area contributed by atoms with E-state index in [-0.39, 0.29) is 0 Å². The summed E-state index contributed by atoms with van der Waals surface area (Å²) in [7, 11) is 0. The minimum absolute atomic E-state index is 0.684. The van der Waals surface area contributed by atoms with Gasteiger partial charge in [-0.1, -0.05) is 6.42 Å². The van der Waals surface area contributed by atoms with Gasteiger partial charge < -0.3 is 10.6 Å². The predicted molar refractivity (Wildman–Crippen MR) is 81.9 cm³/mol. The third-order valence-electron chi connectivity index (χ3n) is 4.74. The minimum Gasteiger partial charge on any atom is -0.353 e. The van der Waals surface area contributed by atoms with Gasteiger partial charge in [0.05, 0.1) is 0 Å². The Kier molecular flexibility index (Phi) is 4.51. The van der Waals surface area contributed by atoms with E-state index >= 15 is 0 Å². The molecule has 0 unspecified atom stereocenters. The Morgan fingerprint density at radius 2 is 1.95 bits per heavy atom. The van der Waals surface area contributed by atoms with Crippen LogP contribution in [-0.2, 0) is 12.8 Å². The Labute approximate surface area is 121 Å². The first-order valence-corrected chi connectivity index (χ1v) is 8.19. The quantitative estimate of drug-likeness (QED) is 0.838. The largest absolute Gasteiger partial charge is 0.353 e. The third kappa shape index (κ3) is 2.80. The first kappa shape index (κ1) is 13.8. The number of fused-ring (bicyclic) bond motifs is 1. The fraction of sp³-hybridized carbons (Fsp3) is 0.750. The van der Waals surface area contributed by atoms with Gasteiger partial charge in [0.1, 0.15) is 12.1 Å². The van der Waals surface area contributed by atoms with Gasteiger partial charge in [0, 0.05) is 23.8 Å². The summed E-state index contributed by atoms with van der Waals surface area (Å²) in [6.45, 7) is 1.81. The summed E-state index contributed by atoms with van der Waals surface area (Å²) >= 11 is 0. The number of aromatic nitrogens is 2. The molecule has 0 amide bonds. The van der Waals surface area contributed by atoms with Crippen LogP contribution >= 0.6 is 0 Å². The molecule has 110 valence electrons. The second-order valence-electron chi connectivity index (χ2n) is 6.10. The van der Waals surface area contributed by atoms with Gasteiger partial charge in [-0.3, -0.25) is 0 Å². The number of nitrogens with two attached hydrogens (primary N) is 1. The molecule has 2 aliphatic carbocycles. The Morgan fingerprint density at radius 3 is 2.70 bits per heavy atom. The lowest BCUT2D eigenvalue weighted by atomic mass is 9.90. The second kappa shape index (κ2) is 6.53. The van der Waals surface area contributed by atoms with Crippen molar-refractivity contribution in [2.75, 3.05) is 18.0 Å². The molecule has 1 saturated carbocycles. The van der Waals surface area contributed by atoms with E-state index in [0.717, 1.165) is 32.4 Å². The van der Waals surface area contributed by atoms with Crippen LogP contribution in [0.3, 0.4) is 0 Å². The molecule has 0 spiro atoms. The Morgan fingerprint density at radius 1 is 1.10 bits per heavy atom. The van der Waals surface area contributed by atoms with E-state index in [9.17, 15) is 0 Å². The van der Waals surface area contributed by atoms with E-state index in [1.54, 1.807) is 6.33 Å². The topological polar surface area (TPSA) is 55.0 Å². The van der Waals surface area contributed by atoms with Gasteiger partial charge in [-0.15, -0.1) is 0 Å². The molecule has 0 bridgehead atoms. The predicted octanol–water partition coefficient (Wildman–Crippen LogP) is 2.45. The molecule has 1 aromatic rings. The number of hydrogen-bond donors (Lipinski definition) is 1. The minimum atomic E-state index is 0.684. The van der Waals surface area contributed by atoms with Crippen LogP contribution < -0.4 is 10.6 Å². The molecule has 20 heavy (non-hydrogen) atoms. The van der Waals surface area contributed by atoms with E-state index in [1.807, 2.05) is 0 Å². The number of hydrogen-bond acceptors (Lipinski definition) is 4. The van der Waals surface area contributed by atoms with E-state index < -0.39 is 0 Å². The van der Waals surface area contributed by atoms with Crippen LogP contribution in [0.5, 0.6) is 0 Å². The van der Waals surface area contributed by atoms with Crippen molar-refractivity contribution in [3.8, 4) is 0 Å². The van der Waals surface area contributed by atoms with E-state index in [4.69, 9.17) is 5.73 Å². The molecule has 0 aliphatic heterocycles. The van der Waals surface area contributed by atoms with Crippen LogP contribution in [0.2, 0.25) is 0 Å². The molecule has 2 N–H and O–H groups in total. The molecule has 0 aromatic carbocycles. The lowest BCUT2D eigenvalue weighted by Gasteiger charge is -2.39. The second-order valence-corrected chi connectivity index (χ2v) is 6.10. The molecular formula is C16H26N4. The van der Waals surface area contributed by atoms with Gasteiger partial charge >= 0.3 is 0 Å². The number of anilines is 1. The van der Waals surface area contributed by atoms with Crippen molar-refractivity contribution >= 4 is 5.82 Å². The summed E-state index contributed by atoms with van der Waals surface area (Å²) in [5, 5.41) is 0. The Hall–Kier alpha value is -1.16. The third-order valence-corrected chi connectivity index (χ3v) is 4.74. The van der Waals surface area contributed by atoms with Crippen molar-refractivity contribution in [3.63, 3.8) is 0 Å². The fourth-order valence-electron chi connectivity index (χ4n) is 3.35. The standard InChI is InChI=1S/C16H26N4/c17-10-5-11-20(13-6-4-7-13)16-14-8-2-1-3-9-15(14)18-12-19-16/h12-13H,1-11,17H2. The normalized spacial score (nSPS) is 19.1. The summed E-state index contributed by atoms with van der Waals surface area (Å²) < 4.78 is 0. The van der Waals surface area contributed by atoms with Crippen LogP contribution in [-0.4, -0.2) is 29.1 Å². The maximum atomic E-state index is 5.72. The molecule has 0 radical (unpaired) electrons. The summed E-state index contributed by atoms with van der Waals surface area (Å²) in [6, 6.07) is 0.684. The molecule has 4 heteroatoms. The first-order chi connectivity index (χ1) is 9.90. The summed E-state index contributed by atoms with van der Waals surface area (Å²) in [4.78, 5) is 11.7. The Balaban J connectivity index is 1.89. The molecular weight excluding hydrogens is 248 g/mol. The molecule has 2 aliphatic rings. The van der Waals surface area contributed by atoms with Gasteiger partial charge in [-0.25, -0.2) is 9.97 Å². The zero-order chi connectivity index (χ0) is 13.8. The summed E-state index contributed by atoms with van der Waals surface area (Å²) in [5.41, 5.74) is 8.44. The van der Waals surface area contributed by atoms with E-state index in [0.29, 0.717) is 6.04 Å². The highest BCUT2D eigenvalue weighted by atomic mass is 15.2. The zero-order valence-corrected chi connectivity index (χ0v) is 12.4. The zero-order valence-electron chi connectivity index (χ0n) is 12.4. The monoisotopic (exact) mass is 274 g/mol. The highest BCUT2D eigenvalue weighted by molar-refractivity contribution is 5.50. The summed E-state index contributed by atoms with van der Waals surface area (Å²) in [5.74, 6) is 1.22. The van der Waals surface area contributed by atoms with E-state index in [1.165, 1.54) is 55.6 Å². The number of rotatable bonds is 5. The van der Waals surface area contributed by atoms with Crippen molar-refractivity contribution < 1.29 is 0 Å². The van der Waals surface area contributed by atoms with Crippen molar-refractivity contribution in [1.29, 1.82) is 0 Å². The van der Waals surface area contributed by atoms with Crippen LogP contribution in [0, 0.1) is 0 Å². The van der Waals surface area contributed by atoms with Gasteiger partial charge in [-0.05, 0) is 57.9 Å². The molecule has 1 heterocycles. The Bertz CT molecular complexity index is 442. The number of aryl methyl sites for hydroxylation is 1. The lowest BCUT2D eigenvalue weighted by molar-refractivity contribution is 0.382. The van der Waals surface area contributed by atoms with Crippen LogP contribution in [0.1, 0.15) is 56.2 Å². The fourth-order valence-corrected chi connectivity index (χ4v) is 3.35. The molecule has 3 rings (SSSR count). The average Bonchev–Trinajstić information content (AvgIpc) is 2.66. The lowest BCUT2D eigenvalue weighted by Crippen LogP contribution is -2.42. The van der Waals surface area contributed by atoms with Crippen LogP contribution in [0.4, 0.5) is 5.82 Å². The van der Waals surface area contributed by atoms with Gasteiger partial charge in [-0.2, -0.15) is 0 Å². The highest BCUT2D eigenvalue weighted by Gasteiger charge is 2.28. The van der Waals surface area contributed by atoms with E-state index in [2.05, 4.69) is 14.9 Å². The molecule has 4 nitrogen and oxygen atoms in total. The molecule has 0 saturated heterocycles. The number of nitrogens with zero attached hydrogens (tertiary/aromatic N) is 3. The molecule has 0 atom stereocenters. The highest BCUT2D eigenvalue weighted by Crippen LogP contribution is 2.33. The van der Waals surface area contributed by atoms with Crippen molar-refractivity contribution in [2.45, 2.75) is 63.8 Å². The van der Waals surface area contributed by atoms with Gasteiger partial charge in [0.2, 0.25) is 0 Å². The average molecular weight is 274 g/mol. The smallest absolute Gasteiger partial charge is 0.135 e. The van der Waals surface area contributed by atoms with Crippen molar-refractivity contribution in [3.05, 3.63) is 17.6 Å². The van der Waals surface area contributed by atoms with Gasteiger partial charge in [0.15, 0.2) is 0 Å². The molecule has 1 aromatic heterocycles. The maximum absolute atomic E-state index is 5.72. The van der Waals surface area contributed by atoms with Gasteiger partial charge in [0.25, 0.3) is 0 Å². The van der Waals surface area contributed by atoms with Crippen molar-refractivity contribution in [1.82, 2.24) is 9.97 Å². The first-order valence-electron chi connectivity index (χ1n) is 8.19. The SMILES string of the molecule is NCCCN(c1ncnc2c1CCCCC2)C1CCC1.